The third-order valence-corrected chi connectivity index (χ3v) is 10.0. The number of aliphatic hydroxyl groups excluding tert-OH is 1. The molecule has 0 bridgehead atoms. The van der Waals surface area contributed by atoms with Gasteiger partial charge in [-0.1, -0.05) is 57.5 Å². The molecule has 1 aliphatic carbocycles. The molecule has 15 nitrogen and oxygen atoms in total. The minimum atomic E-state index is -5.08. The third kappa shape index (κ3) is 12.7. The van der Waals surface area contributed by atoms with E-state index in [1.807, 2.05) is 51.1 Å². The topological polar surface area (TPSA) is 217 Å². The number of carbonyl (C=O) groups excluding carboxylic acids is 5. The highest BCUT2D eigenvalue weighted by Crippen LogP contribution is 2.40. The van der Waals surface area contributed by atoms with Crippen LogP contribution in [0.5, 0.6) is 0 Å². The molecule has 2 aliphatic rings. The number of carbonyl (C=O) groups is 6. The number of hydrogen-bond acceptors (Lipinski definition) is 9. The number of nitrogens with zero attached hydrogens (tertiary/aromatic N) is 4. The van der Waals surface area contributed by atoms with Gasteiger partial charge in [-0.2, -0.15) is 13.2 Å². The van der Waals surface area contributed by atoms with E-state index in [0.29, 0.717) is 25.1 Å². The van der Waals surface area contributed by atoms with E-state index < -0.39 is 83.5 Å². The second kappa shape index (κ2) is 20.5. The molecule has 0 spiro atoms. The number of halogens is 5. The predicted octanol–water partition coefficient (Wildman–Crippen LogP) is 3.46. The number of aliphatic carboxylic acids is 1. The zero-order chi connectivity index (χ0) is 45.2. The molecule has 20 heteroatoms. The number of rotatable bonds is 15. The van der Waals surface area contributed by atoms with Crippen LogP contribution < -0.4 is 16.4 Å². The summed E-state index contributed by atoms with van der Waals surface area (Å²) >= 11 is 0. The highest BCUT2D eigenvalue weighted by Gasteiger charge is 2.40. The molecule has 3 aromatic rings. The van der Waals surface area contributed by atoms with E-state index in [1.165, 1.54) is 17.1 Å². The fourth-order valence-electron chi connectivity index (χ4n) is 7.08. The molecular weight excluding hydrogens is 813 g/mol. The number of nitrogens with two attached hydrogens (primary N) is 1. The predicted molar refractivity (Wildman–Crippen MR) is 209 cm³/mol. The fourth-order valence-corrected chi connectivity index (χ4v) is 7.08. The summed E-state index contributed by atoms with van der Waals surface area (Å²) in [6.45, 7) is 5.14. The van der Waals surface area contributed by atoms with Crippen LogP contribution in [0.4, 0.5) is 22.0 Å². The summed E-state index contributed by atoms with van der Waals surface area (Å²) in [5.41, 5.74) is 6.66. The van der Waals surface area contributed by atoms with Crippen LogP contribution >= 0.6 is 0 Å². The van der Waals surface area contributed by atoms with Gasteiger partial charge in [0.25, 0.3) is 11.8 Å². The lowest BCUT2D eigenvalue weighted by molar-refractivity contribution is -0.192. The van der Waals surface area contributed by atoms with Gasteiger partial charge in [0.05, 0.1) is 23.7 Å². The Balaban J connectivity index is 0.00000107. The largest absolute Gasteiger partial charge is 0.490 e. The molecule has 1 aromatic heterocycles. The number of alkyl halides is 3. The highest BCUT2D eigenvalue weighted by molar-refractivity contribution is 6.12. The zero-order valence-corrected chi connectivity index (χ0v) is 33.6. The molecular formula is C41H48F5N7O8. The number of aromatic nitrogens is 2. The molecule has 61 heavy (non-hydrogen) atoms. The number of carboxylic acids is 1. The highest BCUT2D eigenvalue weighted by atomic mass is 19.4. The first-order valence-corrected chi connectivity index (χ1v) is 19.3. The van der Waals surface area contributed by atoms with Gasteiger partial charge in [0.2, 0.25) is 17.7 Å². The monoisotopic (exact) mass is 861 g/mol. The van der Waals surface area contributed by atoms with Crippen LogP contribution in [0.1, 0.15) is 63.9 Å². The molecule has 2 aromatic carbocycles. The van der Waals surface area contributed by atoms with E-state index in [1.54, 1.807) is 10.8 Å². The normalized spacial score (nSPS) is 17.4. The van der Waals surface area contributed by atoms with Crippen molar-refractivity contribution in [3.63, 3.8) is 0 Å². The SMILES string of the molecule is CC(C)(C)[C@H](c1nc(-c2cc(F)ccc2F)cn1Cc1ccccc1)N(CC[C@H](N)C(=O)N[C@@H]1CCC[C@@H]1C(=O)NCCN1C(=O)C=CC1=O)C(=O)CO.O=C(O)C(F)(F)F. The number of hydrogen-bond donors (Lipinski definition) is 5. The summed E-state index contributed by atoms with van der Waals surface area (Å²) < 4.78 is 62.8. The smallest absolute Gasteiger partial charge is 0.475 e. The summed E-state index contributed by atoms with van der Waals surface area (Å²) in [5, 5.41) is 22.9. The Kier molecular flexibility index (Phi) is 16.0. The molecule has 5 amide bonds. The van der Waals surface area contributed by atoms with Crippen molar-refractivity contribution in [2.75, 3.05) is 26.2 Å². The Morgan fingerprint density at radius 2 is 1.64 bits per heavy atom. The summed E-state index contributed by atoms with van der Waals surface area (Å²) in [4.78, 5) is 79.7. The maximum absolute atomic E-state index is 15.0. The molecule has 1 fully saturated rings. The second-order valence-corrected chi connectivity index (χ2v) is 15.5. The van der Waals surface area contributed by atoms with Crippen LogP contribution in [0.2, 0.25) is 0 Å². The molecule has 1 saturated carbocycles. The number of imidazole rings is 1. The average Bonchev–Trinajstić information content (AvgIpc) is 3.92. The fraction of sp³-hybridized carbons (Fsp3) is 0.439. The third-order valence-electron chi connectivity index (χ3n) is 10.0. The van der Waals surface area contributed by atoms with Crippen molar-refractivity contribution in [3.8, 4) is 11.3 Å². The van der Waals surface area contributed by atoms with E-state index in [9.17, 15) is 46.6 Å². The van der Waals surface area contributed by atoms with E-state index >= 15 is 4.39 Å². The van der Waals surface area contributed by atoms with Gasteiger partial charge in [-0.05, 0) is 48.4 Å². The van der Waals surface area contributed by atoms with E-state index in [0.717, 1.165) is 28.7 Å². The van der Waals surface area contributed by atoms with E-state index in [2.05, 4.69) is 10.6 Å². The maximum atomic E-state index is 15.0. The lowest BCUT2D eigenvalue weighted by Crippen LogP contribution is -2.51. The van der Waals surface area contributed by atoms with Crippen molar-refractivity contribution in [2.45, 2.75) is 77.3 Å². The van der Waals surface area contributed by atoms with Gasteiger partial charge >= 0.3 is 12.1 Å². The van der Waals surface area contributed by atoms with Crippen molar-refractivity contribution in [2.24, 2.45) is 17.1 Å². The Bertz CT molecular complexity index is 2090. The Morgan fingerprint density at radius 3 is 2.23 bits per heavy atom. The minimum absolute atomic E-state index is 0.00948. The van der Waals surface area contributed by atoms with Crippen LogP contribution in [0.15, 0.2) is 66.9 Å². The number of amides is 5. The van der Waals surface area contributed by atoms with Crippen molar-refractivity contribution >= 4 is 35.5 Å². The molecule has 5 rings (SSSR count). The lowest BCUT2D eigenvalue weighted by Gasteiger charge is -2.40. The van der Waals surface area contributed by atoms with Gasteiger partial charge in [-0.25, -0.2) is 18.6 Å². The second-order valence-electron chi connectivity index (χ2n) is 15.5. The molecule has 2 heterocycles. The van der Waals surface area contributed by atoms with E-state index in [-0.39, 0.29) is 49.8 Å². The van der Waals surface area contributed by atoms with Gasteiger partial charge in [-0.15, -0.1) is 0 Å². The molecule has 6 N–H and O–H groups in total. The standard InChI is InChI=1S/C39H47F2N7O6.C2HF3O2/c1-39(2,3)35(36-44-31(27-20-25(40)12-13-28(27)41)22-46(36)21-24-8-5-4-6-9-24)48(34(52)23-49)18-16-29(42)38(54)45-30-11-7-10-26(30)37(53)43-17-19-47-32(50)14-15-33(47)51;3-2(4,5)1(6)7/h4-6,8-9,12-15,20,22,26,29-30,35,49H,7,10-11,16-19,21,23,42H2,1-3H3,(H,43,53)(H,45,54);(H,6,7)/t26-,29-,30+,35-;/m0./s1. The van der Waals surface area contributed by atoms with Crippen LogP contribution in [0, 0.1) is 23.0 Å². The Labute approximate surface area is 347 Å². The first kappa shape index (κ1) is 47.7. The number of carboxylic acid groups (broad SMARTS) is 1. The quantitative estimate of drug-likeness (QED) is 0.111. The maximum Gasteiger partial charge on any atom is 0.490 e. The summed E-state index contributed by atoms with van der Waals surface area (Å²) in [6, 6.07) is 10.1. The van der Waals surface area contributed by atoms with Crippen LogP contribution in [-0.4, -0.2) is 110 Å². The van der Waals surface area contributed by atoms with E-state index in [4.69, 9.17) is 20.6 Å². The van der Waals surface area contributed by atoms with Gasteiger partial charge in [0.15, 0.2) is 0 Å². The van der Waals surface area contributed by atoms with Gasteiger partial charge < -0.3 is 36.0 Å². The molecule has 0 unspecified atom stereocenters. The zero-order valence-electron chi connectivity index (χ0n) is 33.6. The average molecular weight is 862 g/mol. The van der Waals surface area contributed by atoms with Gasteiger partial charge in [0, 0.05) is 56.1 Å². The summed E-state index contributed by atoms with van der Waals surface area (Å²) in [5.74, 6) is -6.60. The minimum Gasteiger partial charge on any atom is -0.475 e. The van der Waals surface area contributed by atoms with Gasteiger partial charge in [0.1, 0.15) is 24.1 Å². The van der Waals surface area contributed by atoms with Gasteiger partial charge in [-0.3, -0.25) is 28.9 Å². The number of benzene rings is 2. The molecule has 0 saturated heterocycles. The molecule has 0 radical (unpaired) electrons. The molecule has 4 atom stereocenters. The van der Waals surface area contributed by atoms with Crippen LogP contribution in [-0.2, 0) is 35.3 Å². The van der Waals surface area contributed by atoms with Crippen molar-refractivity contribution in [1.82, 2.24) is 30.0 Å². The first-order chi connectivity index (χ1) is 28.6. The molecule has 1 aliphatic heterocycles. The van der Waals surface area contributed by atoms with Crippen LogP contribution in [0.3, 0.4) is 0 Å². The number of imide groups is 1. The van der Waals surface area contributed by atoms with Crippen molar-refractivity contribution in [1.29, 1.82) is 0 Å². The molecule has 330 valence electrons. The first-order valence-electron chi connectivity index (χ1n) is 19.3. The van der Waals surface area contributed by atoms with Crippen molar-refractivity contribution < 1.29 is 60.9 Å². The Morgan fingerprint density at radius 1 is 1.00 bits per heavy atom. The van der Waals surface area contributed by atoms with Crippen LogP contribution in [0.25, 0.3) is 11.3 Å². The Hall–Kier alpha value is -6.02. The lowest BCUT2D eigenvalue weighted by atomic mass is 9.84. The summed E-state index contributed by atoms with van der Waals surface area (Å²) in [7, 11) is 0. The number of aliphatic hydroxyl groups is 1. The number of nitrogens with one attached hydrogen (secondary N) is 2. The summed E-state index contributed by atoms with van der Waals surface area (Å²) in [6.07, 6.45) is 0.620. The van der Waals surface area contributed by atoms with Crippen molar-refractivity contribution in [3.05, 3.63) is 89.9 Å².